The molecule has 0 radical (unpaired) electrons. The predicted octanol–water partition coefficient (Wildman–Crippen LogP) is 2.68. The molecule has 1 heterocycles. The number of carbonyl (C=O) groups is 1. The summed E-state index contributed by atoms with van der Waals surface area (Å²) in [6, 6.07) is 10.4. The molecule has 1 aliphatic heterocycles. The Bertz CT molecular complexity index is 490. The van der Waals surface area contributed by atoms with E-state index in [1.165, 1.54) is 0 Å². The Morgan fingerprint density at radius 2 is 2.09 bits per heavy atom. The van der Waals surface area contributed by atoms with Crippen molar-refractivity contribution in [2.24, 2.45) is 5.41 Å². The van der Waals surface area contributed by atoms with Crippen molar-refractivity contribution >= 4 is 11.7 Å². The third-order valence-electron chi connectivity index (χ3n) is 4.35. The third-order valence-corrected chi connectivity index (χ3v) is 4.35. The number of rotatable bonds is 7. The van der Waals surface area contributed by atoms with Crippen LogP contribution in [0.15, 0.2) is 30.3 Å². The van der Waals surface area contributed by atoms with Crippen molar-refractivity contribution in [1.82, 2.24) is 10.2 Å². The Kier molecular flexibility index (Phi) is 6.28. The molecular weight excluding hydrogens is 290 g/mol. The van der Waals surface area contributed by atoms with Gasteiger partial charge in [-0.2, -0.15) is 0 Å². The summed E-state index contributed by atoms with van der Waals surface area (Å²) in [7, 11) is 0. The second kappa shape index (κ2) is 8.20. The molecule has 1 aliphatic rings. The van der Waals surface area contributed by atoms with E-state index in [9.17, 15) is 9.90 Å². The molecule has 3 N–H and O–H groups in total. The van der Waals surface area contributed by atoms with Crippen LogP contribution < -0.4 is 10.6 Å². The molecule has 1 aromatic rings. The van der Waals surface area contributed by atoms with Crippen molar-refractivity contribution in [3.05, 3.63) is 30.3 Å². The van der Waals surface area contributed by atoms with Crippen LogP contribution in [-0.4, -0.2) is 48.3 Å². The van der Waals surface area contributed by atoms with Crippen molar-refractivity contribution in [3.8, 4) is 0 Å². The maximum absolute atomic E-state index is 12.2. The molecule has 0 bridgehead atoms. The quantitative estimate of drug-likeness (QED) is 0.677. The molecule has 0 saturated carbocycles. The molecule has 0 aliphatic carbocycles. The van der Waals surface area contributed by atoms with Gasteiger partial charge in [-0.05, 0) is 36.8 Å². The van der Waals surface area contributed by atoms with Gasteiger partial charge in [0.1, 0.15) is 0 Å². The van der Waals surface area contributed by atoms with E-state index in [0.29, 0.717) is 12.6 Å². The minimum atomic E-state index is -0.0664. The van der Waals surface area contributed by atoms with E-state index in [-0.39, 0.29) is 18.1 Å². The fourth-order valence-electron chi connectivity index (χ4n) is 2.79. The van der Waals surface area contributed by atoms with Crippen molar-refractivity contribution in [3.63, 3.8) is 0 Å². The summed E-state index contributed by atoms with van der Waals surface area (Å²) in [6.45, 7) is 6.45. The van der Waals surface area contributed by atoms with Gasteiger partial charge in [0, 0.05) is 38.0 Å². The number of aliphatic hydroxyl groups excluding tert-OH is 1. The summed E-state index contributed by atoms with van der Waals surface area (Å²) in [5.41, 5.74) is 1.04. The van der Waals surface area contributed by atoms with Gasteiger partial charge in [-0.3, -0.25) is 0 Å². The highest BCUT2D eigenvalue weighted by molar-refractivity contribution is 5.74. The molecule has 2 rings (SSSR count). The summed E-state index contributed by atoms with van der Waals surface area (Å²) in [5.74, 6) is 0. The molecule has 5 heteroatoms. The van der Waals surface area contributed by atoms with Crippen molar-refractivity contribution in [2.75, 3.05) is 31.6 Å². The molecule has 1 saturated heterocycles. The molecule has 1 fully saturated rings. The predicted molar refractivity (Wildman–Crippen MR) is 93.5 cm³/mol. The molecule has 0 aromatic heterocycles. The van der Waals surface area contributed by atoms with Crippen LogP contribution in [-0.2, 0) is 0 Å². The van der Waals surface area contributed by atoms with Gasteiger partial charge in [-0.25, -0.2) is 4.79 Å². The summed E-state index contributed by atoms with van der Waals surface area (Å²) in [5, 5.41) is 15.7. The van der Waals surface area contributed by atoms with Gasteiger partial charge in [0.25, 0.3) is 0 Å². The zero-order valence-corrected chi connectivity index (χ0v) is 14.2. The van der Waals surface area contributed by atoms with Gasteiger partial charge in [-0.1, -0.05) is 32.0 Å². The van der Waals surface area contributed by atoms with Gasteiger partial charge >= 0.3 is 6.03 Å². The monoisotopic (exact) mass is 319 g/mol. The first-order chi connectivity index (χ1) is 11.0. The number of aliphatic hydroxyl groups is 1. The van der Waals surface area contributed by atoms with E-state index in [2.05, 4.69) is 10.6 Å². The lowest BCUT2D eigenvalue weighted by Gasteiger charge is -2.22. The van der Waals surface area contributed by atoms with Gasteiger partial charge in [0.05, 0.1) is 0 Å². The SMILES string of the molecule is CC(C)(CO)CCCNC(=O)N1CCC(Nc2ccccc2)C1. The Labute approximate surface area is 139 Å². The van der Waals surface area contributed by atoms with E-state index in [4.69, 9.17) is 0 Å². The molecule has 1 aromatic carbocycles. The third kappa shape index (κ3) is 5.75. The molecule has 128 valence electrons. The second-order valence-electron chi connectivity index (χ2n) is 7.10. The van der Waals surface area contributed by atoms with E-state index >= 15 is 0 Å². The van der Waals surface area contributed by atoms with Crippen LogP contribution in [0.5, 0.6) is 0 Å². The molecule has 23 heavy (non-hydrogen) atoms. The molecule has 1 atom stereocenters. The highest BCUT2D eigenvalue weighted by Crippen LogP contribution is 2.20. The standard InChI is InChI=1S/C18H29N3O2/c1-18(2,14-22)10-6-11-19-17(23)21-12-9-16(13-21)20-15-7-4-3-5-8-15/h3-5,7-8,16,20,22H,6,9-14H2,1-2H3,(H,19,23). The highest BCUT2D eigenvalue weighted by Gasteiger charge is 2.26. The first kappa shape index (κ1) is 17.6. The first-order valence-electron chi connectivity index (χ1n) is 8.45. The second-order valence-corrected chi connectivity index (χ2v) is 7.10. The van der Waals surface area contributed by atoms with E-state index in [0.717, 1.165) is 38.0 Å². The smallest absolute Gasteiger partial charge is 0.317 e. The highest BCUT2D eigenvalue weighted by atomic mass is 16.3. The number of urea groups is 1. The summed E-state index contributed by atoms with van der Waals surface area (Å²) >= 11 is 0. The molecule has 0 spiro atoms. The fourth-order valence-corrected chi connectivity index (χ4v) is 2.79. The first-order valence-corrected chi connectivity index (χ1v) is 8.45. The Morgan fingerprint density at radius 1 is 1.35 bits per heavy atom. The number of benzene rings is 1. The lowest BCUT2D eigenvalue weighted by molar-refractivity contribution is 0.147. The number of hydrogen-bond acceptors (Lipinski definition) is 3. The van der Waals surface area contributed by atoms with Crippen molar-refractivity contribution in [1.29, 1.82) is 0 Å². The van der Waals surface area contributed by atoms with Gasteiger partial charge in [0.2, 0.25) is 0 Å². The van der Waals surface area contributed by atoms with Crippen LogP contribution in [0.4, 0.5) is 10.5 Å². The Hall–Kier alpha value is -1.75. The maximum Gasteiger partial charge on any atom is 0.317 e. The molecule has 2 amide bonds. The van der Waals surface area contributed by atoms with E-state index in [1.807, 2.05) is 49.1 Å². The number of nitrogens with one attached hydrogen (secondary N) is 2. The number of para-hydroxylation sites is 1. The normalized spacial score (nSPS) is 18.0. The van der Waals surface area contributed by atoms with Crippen LogP contribution in [0.25, 0.3) is 0 Å². The van der Waals surface area contributed by atoms with Crippen molar-refractivity contribution < 1.29 is 9.90 Å². The summed E-state index contributed by atoms with van der Waals surface area (Å²) in [4.78, 5) is 14.0. The van der Waals surface area contributed by atoms with E-state index < -0.39 is 0 Å². The maximum atomic E-state index is 12.2. The minimum Gasteiger partial charge on any atom is -0.396 e. The van der Waals surface area contributed by atoms with E-state index in [1.54, 1.807) is 0 Å². The summed E-state index contributed by atoms with van der Waals surface area (Å²) in [6.07, 6.45) is 2.76. The largest absolute Gasteiger partial charge is 0.396 e. The number of anilines is 1. The molecular formula is C18H29N3O2. The Morgan fingerprint density at radius 3 is 2.78 bits per heavy atom. The van der Waals surface area contributed by atoms with Crippen LogP contribution >= 0.6 is 0 Å². The summed E-state index contributed by atoms with van der Waals surface area (Å²) < 4.78 is 0. The number of hydrogen-bond donors (Lipinski definition) is 3. The lowest BCUT2D eigenvalue weighted by Crippen LogP contribution is -2.40. The zero-order chi connectivity index (χ0) is 16.7. The Balaban J connectivity index is 1.67. The van der Waals surface area contributed by atoms with Crippen molar-refractivity contribution in [2.45, 2.75) is 39.2 Å². The molecule has 1 unspecified atom stereocenters. The van der Waals surface area contributed by atoms with Crippen LogP contribution in [0.1, 0.15) is 33.1 Å². The van der Waals surface area contributed by atoms with Gasteiger partial charge in [0.15, 0.2) is 0 Å². The van der Waals surface area contributed by atoms with Crippen LogP contribution in [0, 0.1) is 5.41 Å². The number of nitrogens with zero attached hydrogens (tertiary/aromatic N) is 1. The van der Waals surface area contributed by atoms with Gasteiger partial charge < -0.3 is 20.6 Å². The lowest BCUT2D eigenvalue weighted by atomic mass is 9.89. The van der Waals surface area contributed by atoms with Gasteiger partial charge in [-0.15, -0.1) is 0 Å². The fraction of sp³-hybridized carbons (Fsp3) is 0.611. The average molecular weight is 319 g/mol. The number of amides is 2. The van der Waals surface area contributed by atoms with Crippen LogP contribution in [0.2, 0.25) is 0 Å². The van der Waals surface area contributed by atoms with Crippen LogP contribution in [0.3, 0.4) is 0 Å². The zero-order valence-electron chi connectivity index (χ0n) is 14.2. The number of likely N-dealkylation sites (tertiary alicyclic amines) is 1. The number of carbonyl (C=O) groups excluding carboxylic acids is 1. The molecule has 5 nitrogen and oxygen atoms in total. The minimum absolute atomic E-state index is 0.0177. The average Bonchev–Trinajstić information content (AvgIpc) is 3.01. The topological polar surface area (TPSA) is 64.6 Å².